The van der Waals surface area contributed by atoms with Crippen LogP contribution >= 0.6 is 0 Å². The van der Waals surface area contributed by atoms with Crippen LogP contribution in [0.4, 0.5) is 11.4 Å². The molecule has 0 aromatic heterocycles. The normalized spacial score (nSPS) is 14.3. The molecular formula is C14H18N2O4. The first kappa shape index (κ1) is 14.3. The minimum Gasteiger partial charge on any atom is -0.478 e. The maximum absolute atomic E-state index is 11.3. The minimum absolute atomic E-state index is 0.0774. The fraction of sp³-hybridized carbons (Fsp3) is 0.500. The van der Waals surface area contributed by atoms with Crippen LogP contribution in [0.15, 0.2) is 18.2 Å². The second kappa shape index (κ2) is 5.48. The van der Waals surface area contributed by atoms with E-state index < -0.39 is 10.9 Å². The third-order valence-corrected chi connectivity index (χ3v) is 3.51. The zero-order valence-corrected chi connectivity index (χ0v) is 11.6. The highest BCUT2D eigenvalue weighted by Gasteiger charge is 2.28. The second-order valence-corrected chi connectivity index (χ2v) is 5.45. The number of nitrogens with zero attached hydrogens (tertiary/aromatic N) is 2. The zero-order valence-electron chi connectivity index (χ0n) is 11.6. The molecule has 0 spiro atoms. The largest absolute Gasteiger partial charge is 0.478 e. The van der Waals surface area contributed by atoms with E-state index in [1.807, 2.05) is 18.7 Å². The van der Waals surface area contributed by atoms with Gasteiger partial charge in [0.15, 0.2) is 0 Å². The van der Waals surface area contributed by atoms with Gasteiger partial charge in [-0.25, -0.2) is 4.79 Å². The van der Waals surface area contributed by atoms with Crippen LogP contribution in [0.5, 0.6) is 0 Å². The Morgan fingerprint density at radius 3 is 2.60 bits per heavy atom. The quantitative estimate of drug-likeness (QED) is 0.639. The second-order valence-electron chi connectivity index (χ2n) is 5.45. The summed E-state index contributed by atoms with van der Waals surface area (Å²) in [5, 5.41) is 20.2. The number of benzene rings is 1. The van der Waals surface area contributed by atoms with Crippen molar-refractivity contribution < 1.29 is 14.8 Å². The van der Waals surface area contributed by atoms with E-state index in [2.05, 4.69) is 0 Å². The van der Waals surface area contributed by atoms with Gasteiger partial charge in [0.25, 0.3) is 5.69 Å². The van der Waals surface area contributed by atoms with Gasteiger partial charge in [0.1, 0.15) is 0 Å². The number of anilines is 1. The van der Waals surface area contributed by atoms with Crippen LogP contribution in [0.1, 0.15) is 37.0 Å². The summed E-state index contributed by atoms with van der Waals surface area (Å²) in [5.41, 5.74) is 0.477. The van der Waals surface area contributed by atoms with E-state index in [1.54, 1.807) is 0 Å². The summed E-state index contributed by atoms with van der Waals surface area (Å²) in [6, 6.07) is 4.02. The van der Waals surface area contributed by atoms with E-state index in [-0.39, 0.29) is 17.3 Å². The molecule has 108 valence electrons. The predicted octanol–water partition coefficient (Wildman–Crippen LogP) is 2.92. The molecule has 6 nitrogen and oxygen atoms in total. The lowest BCUT2D eigenvalue weighted by atomic mass is 10.1. The number of hydrogen-bond acceptors (Lipinski definition) is 4. The van der Waals surface area contributed by atoms with Crippen LogP contribution in [0, 0.1) is 16.0 Å². The Kier molecular flexibility index (Phi) is 3.92. The van der Waals surface area contributed by atoms with E-state index in [0.29, 0.717) is 11.6 Å². The molecule has 0 aliphatic heterocycles. The van der Waals surface area contributed by atoms with Crippen LogP contribution in [0.2, 0.25) is 0 Å². The van der Waals surface area contributed by atoms with Crippen molar-refractivity contribution in [2.75, 3.05) is 11.4 Å². The van der Waals surface area contributed by atoms with Crippen LogP contribution in [-0.2, 0) is 0 Å². The lowest BCUT2D eigenvalue weighted by molar-refractivity contribution is -0.384. The highest BCUT2D eigenvalue weighted by Crippen LogP contribution is 2.34. The molecular weight excluding hydrogens is 260 g/mol. The highest BCUT2D eigenvalue weighted by atomic mass is 16.6. The molecule has 0 radical (unpaired) electrons. The summed E-state index contributed by atoms with van der Waals surface area (Å²) in [7, 11) is 0. The molecule has 20 heavy (non-hydrogen) atoms. The van der Waals surface area contributed by atoms with E-state index in [4.69, 9.17) is 0 Å². The topological polar surface area (TPSA) is 83.7 Å². The fourth-order valence-electron chi connectivity index (χ4n) is 2.22. The van der Waals surface area contributed by atoms with Crippen molar-refractivity contribution >= 4 is 17.3 Å². The number of carboxylic acids is 1. The molecule has 1 N–H and O–H groups in total. The SMILES string of the molecule is CC(C)N(CC1CC1)c1cc([N+](=O)[O-])ccc1C(=O)O. The summed E-state index contributed by atoms with van der Waals surface area (Å²) in [5.74, 6) is -0.491. The van der Waals surface area contributed by atoms with Crippen molar-refractivity contribution in [3.05, 3.63) is 33.9 Å². The number of nitro groups is 1. The molecule has 0 saturated heterocycles. The number of aromatic carboxylic acids is 1. The third-order valence-electron chi connectivity index (χ3n) is 3.51. The van der Waals surface area contributed by atoms with Crippen LogP contribution in [-0.4, -0.2) is 28.6 Å². The van der Waals surface area contributed by atoms with Crippen molar-refractivity contribution in [1.29, 1.82) is 0 Å². The van der Waals surface area contributed by atoms with Gasteiger partial charge in [-0.1, -0.05) is 0 Å². The molecule has 0 amide bonds. The summed E-state index contributed by atoms with van der Waals surface area (Å²) in [4.78, 5) is 23.7. The first-order chi connectivity index (χ1) is 9.40. The Labute approximate surface area is 117 Å². The smallest absolute Gasteiger partial charge is 0.337 e. The first-order valence-corrected chi connectivity index (χ1v) is 6.68. The molecule has 1 aromatic rings. The van der Waals surface area contributed by atoms with E-state index >= 15 is 0 Å². The van der Waals surface area contributed by atoms with Gasteiger partial charge in [-0.15, -0.1) is 0 Å². The Balaban J connectivity index is 2.45. The monoisotopic (exact) mass is 278 g/mol. The van der Waals surface area contributed by atoms with Crippen LogP contribution in [0.25, 0.3) is 0 Å². The summed E-state index contributed by atoms with van der Waals surface area (Å²) >= 11 is 0. The number of non-ortho nitro benzene ring substituents is 1. The number of carbonyl (C=O) groups is 1. The van der Waals surface area contributed by atoms with Gasteiger partial charge in [0, 0.05) is 24.7 Å². The van der Waals surface area contributed by atoms with Crippen molar-refractivity contribution in [3.8, 4) is 0 Å². The van der Waals surface area contributed by atoms with Gasteiger partial charge in [0.2, 0.25) is 0 Å². The average Bonchev–Trinajstić information content (AvgIpc) is 3.18. The Morgan fingerprint density at radius 1 is 1.50 bits per heavy atom. The molecule has 0 atom stereocenters. The van der Waals surface area contributed by atoms with Gasteiger partial charge >= 0.3 is 5.97 Å². The number of carboxylic acid groups (broad SMARTS) is 1. The molecule has 0 bridgehead atoms. The van der Waals surface area contributed by atoms with Gasteiger partial charge in [-0.05, 0) is 38.7 Å². The number of rotatable bonds is 6. The molecule has 1 aliphatic carbocycles. The van der Waals surface area contributed by atoms with Crippen LogP contribution in [0.3, 0.4) is 0 Å². The molecule has 0 unspecified atom stereocenters. The standard InChI is InChI=1S/C14H18N2O4/c1-9(2)15(8-10-3-4-10)13-7-11(16(19)20)5-6-12(13)14(17)18/h5-7,9-10H,3-4,8H2,1-2H3,(H,17,18). The van der Waals surface area contributed by atoms with E-state index in [9.17, 15) is 20.0 Å². The van der Waals surface area contributed by atoms with Crippen molar-refractivity contribution in [3.63, 3.8) is 0 Å². The van der Waals surface area contributed by atoms with Gasteiger partial charge in [0.05, 0.1) is 16.2 Å². The first-order valence-electron chi connectivity index (χ1n) is 6.68. The maximum Gasteiger partial charge on any atom is 0.337 e. The number of nitro benzene ring substituents is 1. The minimum atomic E-state index is -1.06. The third kappa shape index (κ3) is 3.07. The Hall–Kier alpha value is -2.11. The van der Waals surface area contributed by atoms with Gasteiger partial charge in [-0.3, -0.25) is 10.1 Å². The molecule has 1 fully saturated rings. The van der Waals surface area contributed by atoms with Gasteiger partial charge < -0.3 is 10.0 Å². The molecule has 1 aromatic carbocycles. The highest BCUT2D eigenvalue weighted by molar-refractivity contribution is 5.95. The van der Waals surface area contributed by atoms with E-state index in [1.165, 1.54) is 18.2 Å². The Bertz CT molecular complexity index is 538. The van der Waals surface area contributed by atoms with Crippen molar-refractivity contribution in [1.82, 2.24) is 0 Å². The zero-order chi connectivity index (χ0) is 14.9. The lowest BCUT2D eigenvalue weighted by Crippen LogP contribution is -2.34. The predicted molar refractivity (Wildman–Crippen MR) is 75.3 cm³/mol. The summed E-state index contributed by atoms with van der Waals surface area (Å²) in [6.07, 6.45) is 2.28. The summed E-state index contributed by atoms with van der Waals surface area (Å²) in [6.45, 7) is 4.68. The lowest BCUT2D eigenvalue weighted by Gasteiger charge is -2.30. The molecule has 1 saturated carbocycles. The Morgan fingerprint density at radius 2 is 2.15 bits per heavy atom. The fourth-order valence-corrected chi connectivity index (χ4v) is 2.22. The molecule has 2 rings (SSSR count). The average molecular weight is 278 g/mol. The van der Waals surface area contributed by atoms with Crippen molar-refractivity contribution in [2.24, 2.45) is 5.92 Å². The van der Waals surface area contributed by atoms with Crippen LogP contribution < -0.4 is 4.90 Å². The molecule has 1 aliphatic rings. The van der Waals surface area contributed by atoms with Gasteiger partial charge in [-0.2, -0.15) is 0 Å². The summed E-state index contributed by atoms with van der Waals surface area (Å²) < 4.78 is 0. The van der Waals surface area contributed by atoms with Crippen molar-refractivity contribution in [2.45, 2.75) is 32.7 Å². The van der Waals surface area contributed by atoms with E-state index in [0.717, 1.165) is 19.4 Å². The molecule has 6 heteroatoms. The molecule has 0 heterocycles. The number of hydrogen-bond donors (Lipinski definition) is 1. The maximum atomic E-state index is 11.3.